The first-order valence-corrected chi connectivity index (χ1v) is 2.90. The van der Waals surface area contributed by atoms with E-state index in [-0.39, 0.29) is 6.61 Å². The van der Waals surface area contributed by atoms with E-state index in [2.05, 4.69) is 5.32 Å². The van der Waals surface area contributed by atoms with Crippen LogP contribution in [-0.4, -0.2) is 26.2 Å². The number of hydrogen-bond acceptors (Lipinski definition) is 2. The SMILES string of the molecule is NCCNCCC[O]. The second kappa shape index (κ2) is 6.88. The van der Waals surface area contributed by atoms with Crippen LogP contribution in [0.1, 0.15) is 6.42 Å². The fourth-order valence-electron chi connectivity index (χ4n) is 0.424. The van der Waals surface area contributed by atoms with Gasteiger partial charge in [0.15, 0.2) is 0 Å². The van der Waals surface area contributed by atoms with Crippen molar-refractivity contribution in [1.82, 2.24) is 5.32 Å². The molecule has 0 fully saturated rings. The quantitative estimate of drug-likeness (QED) is 0.470. The fraction of sp³-hybridized carbons (Fsp3) is 1.00. The molecule has 0 aliphatic heterocycles. The molecule has 0 aliphatic rings. The molecule has 0 aliphatic carbocycles. The van der Waals surface area contributed by atoms with E-state index in [1.807, 2.05) is 0 Å². The largest absolute Gasteiger partial charge is 0.329 e. The van der Waals surface area contributed by atoms with E-state index in [9.17, 15) is 5.11 Å². The summed E-state index contributed by atoms with van der Waals surface area (Å²) in [7, 11) is 0. The Balaban J connectivity index is 2.53. The van der Waals surface area contributed by atoms with Crippen LogP contribution >= 0.6 is 0 Å². The molecule has 3 heteroatoms. The molecular weight excluding hydrogens is 104 g/mol. The molecule has 49 valence electrons. The number of hydrogen-bond donors (Lipinski definition) is 2. The molecule has 3 nitrogen and oxygen atoms in total. The van der Waals surface area contributed by atoms with Crippen LogP contribution in [0.2, 0.25) is 0 Å². The third-order valence-electron chi connectivity index (χ3n) is 0.819. The van der Waals surface area contributed by atoms with Crippen molar-refractivity contribution in [3.05, 3.63) is 0 Å². The zero-order chi connectivity index (χ0) is 6.24. The van der Waals surface area contributed by atoms with Gasteiger partial charge in [0.05, 0.1) is 6.61 Å². The average molecular weight is 117 g/mol. The summed E-state index contributed by atoms with van der Waals surface area (Å²) in [5.74, 6) is 0. The Morgan fingerprint density at radius 1 is 1.38 bits per heavy atom. The highest BCUT2D eigenvalue weighted by atomic mass is 16.3. The van der Waals surface area contributed by atoms with Gasteiger partial charge in [-0.05, 0) is 13.0 Å². The van der Waals surface area contributed by atoms with Gasteiger partial charge in [0.25, 0.3) is 0 Å². The monoisotopic (exact) mass is 117 g/mol. The summed E-state index contributed by atoms with van der Waals surface area (Å²) in [6.07, 6.45) is 0.708. The van der Waals surface area contributed by atoms with Crippen LogP contribution in [0.4, 0.5) is 0 Å². The van der Waals surface area contributed by atoms with E-state index in [1.165, 1.54) is 0 Å². The molecule has 0 rings (SSSR count). The van der Waals surface area contributed by atoms with Crippen LogP contribution in [-0.2, 0) is 5.11 Å². The maximum atomic E-state index is 9.82. The summed E-state index contributed by atoms with van der Waals surface area (Å²) < 4.78 is 0. The summed E-state index contributed by atoms with van der Waals surface area (Å²) in [6.45, 7) is 2.29. The molecular formula is C5H13N2O. The van der Waals surface area contributed by atoms with Crippen LogP contribution in [0.5, 0.6) is 0 Å². The lowest BCUT2D eigenvalue weighted by Crippen LogP contribution is -2.23. The predicted octanol–water partition coefficient (Wildman–Crippen LogP) is -0.645. The Labute approximate surface area is 49.9 Å². The minimum Gasteiger partial charge on any atom is -0.329 e. The normalized spacial score (nSPS) is 9.75. The summed E-state index contributed by atoms with van der Waals surface area (Å²) in [5.41, 5.74) is 5.17. The van der Waals surface area contributed by atoms with E-state index >= 15 is 0 Å². The number of nitrogens with one attached hydrogen (secondary N) is 1. The average Bonchev–Trinajstić information content (AvgIpc) is 1.81. The van der Waals surface area contributed by atoms with Gasteiger partial charge in [0.2, 0.25) is 0 Å². The molecule has 0 aromatic carbocycles. The van der Waals surface area contributed by atoms with Crippen LogP contribution in [0.15, 0.2) is 0 Å². The van der Waals surface area contributed by atoms with Crippen molar-refractivity contribution < 1.29 is 5.11 Å². The molecule has 0 atom stereocenters. The lowest BCUT2D eigenvalue weighted by atomic mass is 10.4. The van der Waals surface area contributed by atoms with Crippen molar-refractivity contribution in [1.29, 1.82) is 0 Å². The highest BCUT2D eigenvalue weighted by molar-refractivity contribution is 4.45. The Morgan fingerprint density at radius 3 is 2.62 bits per heavy atom. The van der Waals surface area contributed by atoms with Gasteiger partial charge in [-0.15, -0.1) is 0 Å². The molecule has 0 aromatic rings. The van der Waals surface area contributed by atoms with Gasteiger partial charge >= 0.3 is 0 Å². The topological polar surface area (TPSA) is 57.9 Å². The van der Waals surface area contributed by atoms with Gasteiger partial charge in [-0.1, -0.05) is 0 Å². The fourth-order valence-corrected chi connectivity index (χ4v) is 0.424. The number of nitrogens with two attached hydrogens (primary N) is 1. The zero-order valence-electron chi connectivity index (χ0n) is 5.02. The van der Waals surface area contributed by atoms with Crippen LogP contribution in [0, 0.1) is 0 Å². The molecule has 0 heterocycles. The van der Waals surface area contributed by atoms with Crippen molar-refractivity contribution in [2.45, 2.75) is 6.42 Å². The van der Waals surface area contributed by atoms with E-state index < -0.39 is 0 Å². The van der Waals surface area contributed by atoms with Gasteiger partial charge in [-0.25, -0.2) is 5.11 Å². The first-order valence-electron chi connectivity index (χ1n) is 2.90. The minimum absolute atomic E-state index is 0.0115. The van der Waals surface area contributed by atoms with Crippen LogP contribution in [0.25, 0.3) is 0 Å². The second-order valence-electron chi connectivity index (χ2n) is 1.60. The molecule has 0 unspecified atom stereocenters. The van der Waals surface area contributed by atoms with Crippen LogP contribution < -0.4 is 11.1 Å². The van der Waals surface area contributed by atoms with Crippen LogP contribution in [0.3, 0.4) is 0 Å². The van der Waals surface area contributed by atoms with Crippen molar-refractivity contribution in [3.63, 3.8) is 0 Å². The molecule has 0 aromatic heterocycles. The van der Waals surface area contributed by atoms with Gasteiger partial charge < -0.3 is 11.1 Å². The molecule has 0 saturated heterocycles. The highest BCUT2D eigenvalue weighted by Crippen LogP contribution is 1.69. The molecule has 0 spiro atoms. The molecule has 1 radical (unpaired) electrons. The molecule has 0 bridgehead atoms. The summed E-state index contributed by atoms with van der Waals surface area (Å²) >= 11 is 0. The Kier molecular flexibility index (Phi) is 6.78. The lowest BCUT2D eigenvalue weighted by molar-refractivity contribution is 0.188. The first kappa shape index (κ1) is 7.88. The smallest absolute Gasteiger partial charge is 0.0834 e. The van der Waals surface area contributed by atoms with E-state index in [1.54, 1.807) is 0 Å². The van der Waals surface area contributed by atoms with Crippen molar-refractivity contribution in [3.8, 4) is 0 Å². The van der Waals surface area contributed by atoms with Crippen molar-refractivity contribution in [2.75, 3.05) is 26.2 Å². The molecule has 0 saturated carbocycles. The first-order chi connectivity index (χ1) is 3.91. The third-order valence-corrected chi connectivity index (χ3v) is 0.819. The van der Waals surface area contributed by atoms with Gasteiger partial charge in [-0.2, -0.15) is 0 Å². The lowest BCUT2D eigenvalue weighted by Gasteiger charge is -1.97. The maximum absolute atomic E-state index is 9.82. The Morgan fingerprint density at radius 2 is 2.12 bits per heavy atom. The van der Waals surface area contributed by atoms with Crippen molar-refractivity contribution in [2.24, 2.45) is 5.73 Å². The van der Waals surface area contributed by atoms with Gasteiger partial charge in [0, 0.05) is 13.1 Å². The molecule has 3 N–H and O–H groups in total. The highest BCUT2D eigenvalue weighted by Gasteiger charge is 1.82. The zero-order valence-corrected chi connectivity index (χ0v) is 5.02. The third kappa shape index (κ3) is 5.88. The summed E-state index contributed by atoms with van der Waals surface area (Å²) in [6, 6.07) is 0. The maximum Gasteiger partial charge on any atom is 0.0834 e. The summed E-state index contributed by atoms with van der Waals surface area (Å²) in [4.78, 5) is 0. The molecule has 8 heavy (non-hydrogen) atoms. The number of rotatable bonds is 5. The summed E-state index contributed by atoms with van der Waals surface area (Å²) in [5, 5.41) is 12.8. The second-order valence-corrected chi connectivity index (χ2v) is 1.60. The standard InChI is InChI=1S/C5H13N2O/c6-2-4-7-3-1-5-8/h7H,1-6H2. The van der Waals surface area contributed by atoms with Gasteiger partial charge in [-0.3, -0.25) is 0 Å². The molecule has 0 amide bonds. The van der Waals surface area contributed by atoms with Crippen molar-refractivity contribution >= 4 is 0 Å². The van der Waals surface area contributed by atoms with E-state index in [4.69, 9.17) is 5.73 Å². The Hall–Kier alpha value is -0.120. The predicted molar refractivity (Wildman–Crippen MR) is 32.1 cm³/mol. The minimum atomic E-state index is 0.0115. The van der Waals surface area contributed by atoms with Gasteiger partial charge in [0.1, 0.15) is 0 Å². The van der Waals surface area contributed by atoms with E-state index in [0.717, 1.165) is 13.1 Å². The Bertz CT molecular complexity index is 35.4. The van der Waals surface area contributed by atoms with E-state index in [0.29, 0.717) is 13.0 Å².